The van der Waals surface area contributed by atoms with Gasteiger partial charge in [-0.05, 0) is 76.7 Å². The van der Waals surface area contributed by atoms with Crippen molar-refractivity contribution in [2.45, 2.75) is 0 Å². The molecule has 144 valence electrons. The third kappa shape index (κ3) is 4.10. The van der Waals surface area contributed by atoms with Crippen LogP contribution in [0.25, 0.3) is 28.7 Å². The molecule has 0 aliphatic carbocycles. The van der Waals surface area contributed by atoms with Crippen LogP contribution in [0.15, 0.2) is 77.6 Å². The zero-order chi connectivity index (χ0) is 20.4. The summed E-state index contributed by atoms with van der Waals surface area (Å²) in [6, 6.07) is 23.6. The Morgan fingerprint density at radius 1 is 0.931 bits per heavy atom. The number of para-hydroxylation sites is 1. The molecule has 0 saturated carbocycles. The highest BCUT2D eigenvalue weighted by molar-refractivity contribution is 14.1. The number of nitrogens with zero attached hydrogens (tertiary/aromatic N) is 3. The molecular weight excluding hydrogens is 473 g/mol. The second-order valence-corrected chi connectivity index (χ2v) is 8.17. The van der Waals surface area contributed by atoms with Gasteiger partial charge < -0.3 is 4.90 Å². The van der Waals surface area contributed by atoms with Crippen LogP contribution in [-0.2, 0) is 0 Å². The lowest BCUT2D eigenvalue weighted by atomic mass is 10.1. The predicted octanol–water partition coefficient (Wildman–Crippen LogP) is 5.23. The van der Waals surface area contributed by atoms with Crippen molar-refractivity contribution in [3.63, 3.8) is 0 Å². The zero-order valence-electron chi connectivity index (χ0n) is 16.2. The van der Waals surface area contributed by atoms with Crippen LogP contribution in [0, 0.1) is 3.57 Å². The molecule has 0 aliphatic heterocycles. The minimum absolute atomic E-state index is 0.0673. The molecule has 29 heavy (non-hydrogen) atoms. The van der Waals surface area contributed by atoms with Gasteiger partial charge in [-0.2, -0.15) is 0 Å². The second-order valence-electron chi connectivity index (χ2n) is 6.93. The molecule has 4 aromatic rings. The second kappa shape index (κ2) is 8.21. The van der Waals surface area contributed by atoms with E-state index in [4.69, 9.17) is 4.98 Å². The molecule has 0 unspecified atom stereocenters. The molecule has 0 atom stereocenters. The Balaban J connectivity index is 1.86. The number of rotatable bonds is 4. The Bertz CT molecular complexity index is 1240. The van der Waals surface area contributed by atoms with E-state index in [1.54, 1.807) is 4.57 Å². The van der Waals surface area contributed by atoms with Crippen molar-refractivity contribution in [1.82, 2.24) is 9.55 Å². The molecular formula is C24H20IN3O. The fourth-order valence-corrected chi connectivity index (χ4v) is 3.66. The summed E-state index contributed by atoms with van der Waals surface area (Å²) >= 11 is 2.22. The van der Waals surface area contributed by atoms with Crippen molar-refractivity contribution >= 4 is 51.3 Å². The van der Waals surface area contributed by atoms with Crippen LogP contribution in [0.1, 0.15) is 11.4 Å². The number of anilines is 1. The largest absolute Gasteiger partial charge is 0.378 e. The minimum atomic E-state index is -0.0673. The molecule has 0 N–H and O–H groups in total. The summed E-state index contributed by atoms with van der Waals surface area (Å²) in [4.78, 5) is 20.2. The fraction of sp³-hybridized carbons (Fsp3) is 0.0833. The maximum Gasteiger partial charge on any atom is 0.266 e. The van der Waals surface area contributed by atoms with Gasteiger partial charge in [-0.1, -0.05) is 36.4 Å². The van der Waals surface area contributed by atoms with Crippen LogP contribution in [0.4, 0.5) is 5.69 Å². The van der Waals surface area contributed by atoms with Gasteiger partial charge in [0, 0.05) is 23.4 Å². The third-order valence-electron chi connectivity index (χ3n) is 4.70. The number of hydrogen-bond acceptors (Lipinski definition) is 3. The standard InChI is InChI=1S/C24H20IN3O/c1-27(2)19-12-8-17(9-13-19)10-15-23-26-22-14-11-18(25)16-21(22)24(29)28(23)20-6-4-3-5-7-20/h3-16H,1-2H3/b15-10+. The highest BCUT2D eigenvalue weighted by Gasteiger charge is 2.11. The Hall–Kier alpha value is -2.93. The van der Waals surface area contributed by atoms with Gasteiger partial charge in [0.1, 0.15) is 5.82 Å². The highest BCUT2D eigenvalue weighted by atomic mass is 127. The maximum absolute atomic E-state index is 13.3. The normalized spacial score (nSPS) is 11.3. The van der Waals surface area contributed by atoms with Gasteiger partial charge >= 0.3 is 0 Å². The third-order valence-corrected chi connectivity index (χ3v) is 5.38. The van der Waals surface area contributed by atoms with E-state index in [2.05, 4.69) is 51.8 Å². The molecule has 0 aliphatic rings. The molecule has 4 rings (SSSR count). The lowest BCUT2D eigenvalue weighted by Crippen LogP contribution is -2.22. The first kappa shape index (κ1) is 19.4. The number of fused-ring (bicyclic) bond motifs is 1. The first-order valence-corrected chi connectivity index (χ1v) is 10.3. The van der Waals surface area contributed by atoms with Crippen molar-refractivity contribution in [2.75, 3.05) is 19.0 Å². The number of hydrogen-bond donors (Lipinski definition) is 0. The van der Waals surface area contributed by atoms with Gasteiger partial charge in [-0.15, -0.1) is 0 Å². The number of benzene rings is 3. The van der Waals surface area contributed by atoms with Crippen molar-refractivity contribution in [1.29, 1.82) is 0 Å². The van der Waals surface area contributed by atoms with Gasteiger partial charge in [0.25, 0.3) is 5.56 Å². The van der Waals surface area contributed by atoms with Crippen molar-refractivity contribution in [2.24, 2.45) is 0 Å². The molecule has 1 aromatic heterocycles. The van der Waals surface area contributed by atoms with Gasteiger partial charge in [0.05, 0.1) is 16.6 Å². The van der Waals surface area contributed by atoms with Gasteiger partial charge in [-0.25, -0.2) is 4.98 Å². The van der Waals surface area contributed by atoms with Crippen LogP contribution in [-0.4, -0.2) is 23.6 Å². The summed E-state index contributed by atoms with van der Waals surface area (Å²) in [5.41, 5.74) is 3.62. The monoisotopic (exact) mass is 493 g/mol. The molecule has 0 spiro atoms. The van der Waals surface area contributed by atoms with Crippen molar-refractivity contribution in [3.8, 4) is 5.69 Å². The molecule has 0 bridgehead atoms. The maximum atomic E-state index is 13.3. The Kier molecular flexibility index (Phi) is 5.49. The summed E-state index contributed by atoms with van der Waals surface area (Å²) in [5, 5.41) is 0.619. The van der Waals surface area contributed by atoms with E-state index in [0.717, 1.165) is 20.5 Å². The summed E-state index contributed by atoms with van der Waals surface area (Å²) in [5.74, 6) is 0.603. The quantitative estimate of drug-likeness (QED) is 0.366. The van der Waals surface area contributed by atoms with Crippen LogP contribution >= 0.6 is 22.6 Å². The molecule has 0 amide bonds. The molecule has 0 radical (unpaired) electrons. The SMILES string of the molecule is CN(C)c1ccc(/C=C/c2nc3ccc(I)cc3c(=O)n2-c2ccccc2)cc1. The van der Waals surface area contributed by atoms with E-state index in [1.807, 2.05) is 74.8 Å². The van der Waals surface area contributed by atoms with E-state index in [-0.39, 0.29) is 5.56 Å². The van der Waals surface area contributed by atoms with Crippen LogP contribution in [0.2, 0.25) is 0 Å². The number of halogens is 1. The topological polar surface area (TPSA) is 38.1 Å². The van der Waals surface area contributed by atoms with Crippen LogP contribution < -0.4 is 10.5 Å². The summed E-state index contributed by atoms with van der Waals surface area (Å²) < 4.78 is 2.68. The molecule has 0 fully saturated rings. The average Bonchev–Trinajstić information content (AvgIpc) is 2.74. The Labute approximate surface area is 183 Å². The van der Waals surface area contributed by atoms with E-state index >= 15 is 0 Å². The zero-order valence-corrected chi connectivity index (χ0v) is 18.4. The predicted molar refractivity (Wildman–Crippen MR) is 130 cm³/mol. The molecule has 3 aromatic carbocycles. The smallest absolute Gasteiger partial charge is 0.266 e. The van der Waals surface area contributed by atoms with E-state index in [9.17, 15) is 4.79 Å². The van der Waals surface area contributed by atoms with Gasteiger partial charge in [0.15, 0.2) is 0 Å². The van der Waals surface area contributed by atoms with E-state index < -0.39 is 0 Å². The summed E-state index contributed by atoms with van der Waals surface area (Å²) in [6.45, 7) is 0. The number of aromatic nitrogens is 2. The van der Waals surface area contributed by atoms with E-state index in [1.165, 1.54) is 0 Å². The van der Waals surface area contributed by atoms with Gasteiger partial charge in [-0.3, -0.25) is 9.36 Å². The van der Waals surface area contributed by atoms with Crippen LogP contribution in [0.5, 0.6) is 0 Å². The Morgan fingerprint density at radius 2 is 1.66 bits per heavy atom. The van der Waals surface area contributed by atoms with Crippen molar-refractivity contribution in [3.05, 3.63) is 98.1 Å². The molecule has 5 heteroatoms. The van der Waals surface area contributed by atoms with E-state index in [0.29, 0.717) is 16.7 Å². The highest BCUT2D eigenvalue weighted by Crippen LogP contribution is 2.18. The summed E-state index contributed by atoms with van der Waals surface area (Å²) in [7, 11) is 4.03. The lowest BCUT2D eigenvalue weighted by Gasteiger charge is -2.12. The van der Waals surface area contributed by atoms with Crippen molar-refractivity contribution < 1.29 is 0 Å². The average molecular weight is 493 g/mol. The Morgan fingerprint density at radius 3 is 2.34 bits per heavy atom. The lowest BCUT2D eigenvalue weighted by molar-refractivity contribution is 0.944. The van der Waals surface area contributed by atoms with Crippen LogP contribution in [0.3, 0.4) is 0 Å². The molecule has 0 saturated heterocycles. The molecule has 4 nitrogen and oxygen atoms in total. The molecule has 1 heterocycles. The fourth-order valence-electron chi connectivity index (χ4n) is 3.17. The van der Waals surface area contributed by atoms with Gasteiger partial charge in [0.2, 0.25) is 0 Å². The minimum Gasteiger partial charge on any atom is -0.378 e. The first-order chi connectivity index (χ1) is 14.0. The summed E-state index contributed by atoms with van der Waals surface area (Å²) in [6.07, 6.45) is 3.88. The first-order valence-electron chi connectivity index (χ1n) is 9.26.